The lowest BCUT2D eigenvalue weighted by Crippen LogP contribution is -1.88. The van der Waals surface area contributed by atoms with Crippen molar-refractivity contribution >= 4 is 17.6 Å². The van der Waals surface area contributed by atoms with Crippen molar-refractivity contribution in [1.82, 2.24) is 0 Å². The summed E-state index contributed by atoms with van der Waals surface area (Å²) in [4.78, 5) is 27.9. The molecule has 1 rings (SSSR count). The van der Waals surface area contributed by atoms with Gasteiger partial charge in [-0.15, -0.1) is 0 Å². The van der Waals surface area contributed by atoms with Crippen LogP contribution in [0.1, 0.15) is 5.76 Å². The highest BCUT2D eigenvalue weighted by Crippen LogP contribution is 2.29. The summed E-state index contributed by atoms with van der Waals surface area (Å²) in [6, 6.07) is 0.583. The Labute approximate surface area is 86.2 Å². The molecule has 1 heterocycles. The molecule has 0 radical (unpaired) electrons. The van der Waals surface area contributed by atoms with Gasteiger partial charge in [0.1, 0.15) is 11.0 Å². The molecule has 0 unspecified atom stereocenters. The van der Waals surface area contributed by atoms with Crippen LogP contribution in [0.25, 0.3) is 6.08 Å². The highest BCUT2D eigenvalue weighted by molar-refractivity contribution is 5.57. The van der Waals surface area contributed by atoms with Gasteiger partial charge in [-0.05, 0) is 0 Å². The monoisotopic (exact) mass is 229 g/mol. The van der Waals surface area contributed by atoms with E-state index in [4.69, 9.17) is 0 Å². The maximum absolute atomic E-state index is 10.4. The normalized spacial score (nSPS) is 10.5. The summed E-state index contributed by atoms with van der Waals surface area (Å²) in [5.74, 6) is -1.40. The van der Waals surface area contributed by atoms with E-state index in [1.54, 1.807) is 0 Å². The van der Waals surface area contributed by atoms with Gasteiger partial charge in [0.15, 0.2) is 0 Å². The fourth-order valence-electron chi connectivity index (χ4n) is 0.863. The molecule has 0 saturated carbocycles. The van der Waals surface area contributed by atoms with Gasteiger partial charge in [-0.1, -0.05) is 0 Å². The SMILES string of the molecule is O=[N+]([O-])C=Cc1oc([N+](=O)[O-])cc1[N+](=O)[O-]. The predicted octanol–water partition coefficient (Wildman–Crippen LogP) is 1.34. The van der Waals surface area contributed by atoms with Crippen molar-refractivity contribution in [2.75, 3.05) is 0 Å². The Kier molecular flexibility index (Phi) is 2.94. The third-order valence-electron chi connectivity index (χ3n) is 1.45. The standard InChI is InChI=1S/C6H3N3O7/c10-7(11)2-1-5-4(8(12)13)3-6(16-5)9(14)15/h1-3H. The molecule has 1 aromatic rings. The largest absolute Gasteiger partial charge is 0.440 e. The smallest absolute Gasteiger partial charge is 0.393 e. The van der Waals surface area contributed by atoms with Crippen LogP contribution in [-0.2, 0) is 0 Å². The van der Waals surface area contributed by atoms with Gasteiger partial charge >= 0.3 is 11.6 Å². The van der Waals surface area contributed by atoms with Gasteiger partial charge in [-0.25, -0.2) is 0 Å². The lowest BCUT2D eigenvalue weighted by molar-refractivity contribution is -0.403. The minimum atomic E-state index is -0.976. The highest BCUT2D eigenvalue weighted by atomic mass is 16.7. The van der Waals surface area contributed by atoms with Crippen LogP contribution in [0, 0.1) is 30.3 Å². The van der Waals surface area contributed by atoms with Gasteiger partial charge in [-0.3, -0.25) is 30.3 Å². The van der Waals surface area contributed by atoms with Crippen LogP contribution >= 0.6 is 0 Å². The second kappa shape index (κ2) is 4.16. The summed E-state index contributed by atoms with van der Waals surface area (Å²) >= 11 is 0. The first-order valence-electron chi connectivity index (χ1n) is 3.66. The van der Waals surface area contributed by atoms with E-state index in [1.165, 1.54) is 0 Å². The molecule has 1 aromatic heterocycles. The fourth-order valence-corrected chi connectivity index (χ4v) is 0.863. The Morgan fingerprint density at radius 2 is 1.75 bits per heavy atom. The quantitative estimate of drug-likeness (QED) is 0.559. The summed E-state index contributed by atoms with van der Waals surface area (Å²) in [7, 11) is 0. The van der Waals surface area contributed by atoms with E-state index in [9.17, 15) is 30.3 Å². The summed E-state index contributed by atoms with van der Waals surface area (Å²) in [6.07, 6.45) is 1.06. The van der Waals surface area contributed by atoms with Crippen molar-refractivity contribution in [2.24, 2.45) is 0 Å². The molecule has 16 heavy (non-hydrogen) atoms. The zero-order valence-corrected chi connectivity index (χ0v) is 7.43. The Morgan fingerprint density at radius 3 is 2.19 bits per heavy atom. The van der Waals surface area contributed by atoms with E-state index >= 15 is 0 Å². The van der Waals surface area contributed by atoms with Gasteiger partial charge in [0.25, 0.3) is 0 Å². The highest BCUT2D eigenvalue weighted by Gasteiger charge is 2.25. The van der Waals surface area contributed by atoms with Crippen molar-refractivity contribution in [3.05, 3.63) is 48.4 Å². The molecule has 0 bridgehead atoms. The number of furan rings is 1. The Balaban J connectivity index is 3.20. The van der Waals surface area contributed by atoms with Crippen LogP contribution in [0.2, 0.25) is 0 Å². The first-order chi connectivity index (χ1) is 7.41. The number of hydrogen-bond acceptors (Lipinski definition) is 7. The van der Waals surface area contributed by atoms with Crippen LogP contribution in [-0.4, -0.2) is 14.8 Å². The Morgan fingerprint density at radius 1 is 1.12 bits per heavy atom. The minimum absolute atomic E-state index is 0.384. The van der Waals surface area contributed by atoms with Crippen LogP contribution in [0.4, 0.5) is 11.6 Å². The first kappa shape index (κ1) is 11.3. The maximum Gasteiger partial charge on any atom is 0.440 e. The first-order valence-corrected chi connectivity index (χ1v) is 3.66. The van der Waals surface area contributed by atoms with Crippen LogP contribution in [0.5, 0.6) is 0 Å². The van der Waals surface area contributed by atoms with Crippen molar-refractivity contribution < 1.29 is 19.2 Å². The van der Waals surface area contributed by atoms with Gasteiger partial charge in [0.05, 0.1) is 15.9 Å². The fraction of sp³-hybridized carbons (Fsp3) is 0. The molecule has 0 saturated heterocycles. The zero-order valence-electron chi connectivity index (χ0n) is 7.43. The van der Waals surface area contributed by atoms with Gasteiger partial charge in [-0.2, -0.15) is 0 Å². The summed E-state index contributed by atoms with van der Waals surface area (Å²) in [5.41, 5.74) is -0.704. The molecule has 84 valence electrons. The Bertz CT molecular complexity index is 488. The van der Waals surface area contributed by atoms with E-state index in [2.05, 4.69) is 4.42 Å². The second-order valence-electron chi connectivity index (χ2n) is 2.45. The average molecular weight is 229 g/mol. The van der Waals surface area contributed by atoms with Crippen LogP contribution in [0.3, 0.4) is 0 Å². The van der Waals surface area contributed by atoms with E-state index in [1.807, 2.05) is 0 Å². The molecule has 0 spiro atoms. The third kappa shape index (κ3) is 2.37. The average Bonchev–Trinajstić information content (AvgIpc) is 2.58. The van der Waals surface area contributed by atoms with Crippen LogP contribution < -0.4 is 0 Å². The lowest BCUT2D eigenvalue weighted by Gasteiger charge is -1.84. The predicted molar refractivity (Wildman–Crippen MR) is 48.0 cm³/mol. The van der Waals surface area contributed by atoms with Crippen molar-refractivity contribution in [3.63, 3.8) is 0 Å². The zero-order chi connectivity index (χ0) is 12.3. The van der Waals surface area contributed by atoms with Crippen molar-refractivity contribution in [3.8, 4) is 0 Å². The van der Waals surface area contributed by atoms with Crippen molar-refractivity contribution in [1.29, 1.82) is 0 Å². The van der Waals surface area contributed by atoms with Gasteiger partial charge in [0.2, 0.25) is 12.0 Å². The molecule has 10 nitrogen and oxygen atoms in total. The number of nitro groups is 3. The molecule has 0 aliphatic carbocycles. The number of rotatable bonds is 4. The molecule has 0 amide bonds. The maximum atomic E-state index is 10.4. The third-order valence-corrected chi connectivity index (χ3v) is 1.45. The van der Waals surface area contributed by atoms with Crippen LogP contribution in [0.15, 0.2) is 16.7 Å². The molecule has 0 aliphatic rings. The molecule has 0 atom stereocenters. The molecule has 0 aliphatic heterocycles. The van der Waals surface area contributed by atoms with Gasteiger partial charge < -0.3 is 4.42 Å². The summed E-state index contributed by atoms with van der Waals surface area (Å²) < 4.78 is 4.46. The molecule has 10 heteroatoms. The molecular weight excluding hydrogens is 226 g/mol. The van der Waals surface area contributed by atoms with Crippen molar-refractivity contribution in [2.45, 2.75) is 0 Å². The molecular formula is C6H3N3O7. The van der Waals surface area contributed by atoms with E-state index in [0.717, 1.165) is 0 Å². The van der Waals surface area contributed by atoms with E-state index in [0.29, 0.717) is 18.3 Å². The van der Waals surface area contributed by atoms with E-state index in [-0.39, 0.29) is 0 Å². The molecule has 0 aromatic carbocycles. The Hall–Kier alpha value is -2.78. The second-order valence-corrected chi connectivity index (χ2v) is 2.45. The topological polar surface area (TPSA) is 143 Å². The summed E-state index contributed by atoms with van der Waals surface area (Å²) in [5, 5.41) is 30.6. The van der Waals surface area contributed by atoms with Gasteiger partial charge in [0, 0.05) is 0 Å². The molecule has 0 fully saturated rings. The minimum Gasteiger partial charge on any atom is -0.393 e. The van der Waals surface area contributed by atoms with E-state index < -0.39 is 32.1 Å². The summed E-state index contributed by atoms with van der Waals surface area (Å²) in [6.45, 7) is 0. The number of hydrogen-bond donors (Lipinski definition) is 0. The molecule has 0 N–H and O–H groups in total. The lowest BCUT2D eigenvalue weighted by atomic mass is 10.4. The number of nitrogens with zero attached hydrogens (tertiary/aromatic N) is 3.